The van der Waals surface area contributed by atoms with Crippen molar-refractivity contribution in [3.63, 3.8) is 0 Å². The molecule has 15 heavy (non-hydrogen) atoms. The summed E-state index contributed by atoms with van der Waals surface area (Å²) in [6, 6.07) is 1.23. The summed E-state index contributed by atoms with van der Waals surface area (Å²) in [5.41, 5.74) is 0. The van der Waals surface area contributed by atoms with E-state index in [4.69, 9.17) is 4.12 Å². The van der Waals surface area contributed by atoms with Crippen molar-refractivity contribution >= 4 is 20.2 Å². The van der Waals surface area contributed by atoms with Gasteiger partial charge in [-0.15, -0.1) is 0 Å². The Labute approximate surface area is 100 Å². The minimum atomic E-state index is -0.272. The van der Waals surface area contributed by atoms with Crippen molar-refractivity contribution in [3.8, 4) is 0 Å². The lowest BCUT2D eigenvalue weighted by atomic mass is 10.2. The topological polar surface area (TPSA) is 19.0 Å². The van der Waals surface area contributed by atoms with Crippen LogP contribution in [0, 0.1) is 0 Å². The van der Waals surface area contributed by atoms with Crippen molar-refractivity contribution < 1.29 is 4.12 Å². The highest BCUT2D eigenvalue weighted by Crippen LogP contribution is 2.24. The fourth-order valence-corrected chi connectivity index (χ4v) is 4.10. The van der Waals surface area contributed by atoms with Crippen LogP contribution in [0.25, 0.3) is 0 Å². The standard InChI is InChI=1S/C9H27N3OSi2/c1-10(2)9(11(3)4,12(5)6)7-8-15-13-14/h7-8,15H2,1-6,14H3. The van der Waals surface area contributed by atoms with Gasteiger partial charge in [0.15, 0.2) is 0 Å². The molecule has 0 bridgehead atoms. The van der Waals surface area contributed by atoms with Crippen LogP contribution in [-0.2, 0) is 4.12 Å². The first-order chi connectivity index (χ1) is 6.89. The van der Waals surface area contributed by atoms with Gasteiger partial charge >= 0.3 is 0 Å². The maximum Gasteiger partial charge on any atom is 0.145 e. The summed E-state index contributed by atoms with van der Waals surface area (Å²) in [6.45, 7) is 0. The third kappa shape index (κ3) is 3.65. The molecule has 92 valence electrons. The monoisotopic (exact) mass is 249 g/mol. The normalized spacial score (nSPS) is 14.2. The molecule has 0 aromatic carbocycles. The second-order valence-electron chi connectivity index (χ2n) is 4.55. The zero-order chi connectivity index (χ0) is 12.1. The predicted octanol–water partition coefficient (Wildman–Crippen LogP) is -1.49. The first-order valence-electron chi connectivity index (χ1n) is 5.40. The van der Waals surface area contributed by atoms with Gasteiger partial charge in [0.05, 0.1) is 0 Å². The van der Waals surface area contributed by atoms with Gasteiger partial charge in [0.25, 0.3) is 0 Å². The van der Waals surface area contributed by atoms with E-state index in [2.05, 4.69) is 57.0 Å². The number of nitrogens with zero attached hydrogens (tertiary/aromatic N) is 3. The van der Waals surface area contributed by atoms with Crippen LogP contribution in [-0.4, -0.2) is 83.0 Å². The van der Waals surface area contributed by atoms with Crippen molar-refractivity contribution in [1.29, 1.82) is 0 Å². The predicted molar refractivity (Wildman–Crippen MR) is 72.8 cm³/mol. The summed E-state index contributed by atoms with van der Waals surface area (Å²) in [5, 5.41) is 0. The molecule has 0 aromatic rings. The fourth-order valence-electron chi connectivity index (χ4n) is 2.32. The molecule has 0 fully saturated rings. The number of hydrogen-bond donors (Lipinski definition) is 0. The average Bonchev–Trinajstić information content (AvgIpc) is 2.10. The molecule has 0 rings (SSSR count). The Kier molecular flexibility index (Phi) is 6.89. The summed E-state index contributed by atoms with van der Waals surface area (Å²) < 4.78 is 5.40. The summed E-state index contributed by atoms with van der Waals surface area (Å²) >= 11 is 0. The third-order valence-corrected chi connectivity index (χ3v) is 5.28. The van der Waals surface area contributed by atoms with Gasteiger partial charge in [-0.25, -0.2) is 0 Å². The summed E-state index contributed by atoms with van der Waals surface area (Å²) in [7, 11) is 13.5. The molecule has 6 heteroatoms. The van der Waals surface area contributed by atoms with Crippen LogP contribution < -0.4 is 0 Å². The van der Waals surface area contributed by atoms with Gasteiger partial charge in [-0.1, -0.05) is 0 Å². The molecule has 4 nitrogen and oxygen atoms in total. The molecule has 0 aromatic heterocycles. The molecule has 0 atom stereocenters. The smallest absolute Gasteiger partial charge is 0.145 e. The maximum absolute atomic E-state index is 5.40. The van der Waals surface area contributed by atoms with E-state index in [-0.39, 0.29) is 15.5 Å². The lowest BCUT2D eigenvalue weighted by molar-refractivity contribution is -0.111. The molecule has 0 radical (unpaired) electrons. The van der Waals surface area contributed by atoms with Gasteiger partial charge < -0.3 is 4.12 Å². The zero-order valence-corrected chi connectivity index (χ0v) is 14.8. The van der Waals surface area contributed by atoms with E-state index in [1.165, 1.54) is 6.04 Å². The molecular weight excluding hydrogens is 222 g/mol. The van der Waals surface area contributed by atoms with E-state index in [0.717, 1.165) is 16.9 Å². The lowest BCUT2D eigenvalue weighted by Crippen LogP contribution is -2.64. The molecule has 0 saturated carbocycles. The van der Waals surface area contributed by atoms with Crippen molar-refractivity contribution in [3.05, 3.63) is 0 Å². The van der Waals surface area contributed by atoms with Crippen molar-refractivity contribution in [2.45, 2.75) is 18.3 Å². The first-order valence-corrected chi connectivity index (χ1v) is 7.80. The average molecular weight is 250 g/mol. The Hall–Kier alpha value is 0.274. The van der Waals surface area contributed by atoms with Crippen LogP contribution in [0.4, 0.5) is 0 Å². The molecule has 0 spiro atoms. The summed E-state index contributed by atoms with van der Waals surface area (Å²) in [6.07, 6.45) is 1.15. The lowest BCUT2D eigenvalue weighted by Gasteiger charge is -2.50. The van der Waals surface area contributed by atoms with Crippen LogP contribution >= 0.6 is 0 Å². The minimum absolute atomic E-state index is 0.0209. The van der Waals surface area contributed by atoms with Crippen LogP contribution in [0.1, 0.15) is 6.42 Å². The third-order valence-electron chi connectivity index (χ3n) is 3.01. The van der Waals surface area contributed by atoms with Gasteiger partial charge in [-0.2, -0.15) is 0 Å². The maximum atomic E-state index is 5.40. The quantitative estimate of drug-likeness (QED) is 0.311. The van der Waals surface area contributed by atoms with Gasteiger partial charge in [0.2, 0.25) is 0 Å². The largest absolute Gasteiger partial charge is 0.468 e. The van der Waals surface area contributed by atoms with E-state index in [1.54, 1.807) is 0 Å². The highest BCUT2D eigenvalue weighted by Gasteiger charge is 2.36. The molecule has 0 amide bonds. The van der Waals surface area contributed by atoms with Crippen molar-refractivity contribution in [2.24, 2.45) is 0 Å². The molecule has 0 saturated heterocycles. The molecule has 0 aliphatic rings. The fraction of sp³-hybridized carbons (Fsp3) is 1.00. The molecule has 0 aliphatic carbocycles. The Morgan fingerprint density at radius 3 is 1.67 bits per heavy atom. The molecule has 0 N–H and O–H groups in total. The minimum Gasteiger partial charge on any atom is -0.468 e. The van der Waals surface area contributed by atoms with Crippen LogP contribution in [0.3, 0.4) is 0 Å². The second-order valence-corrected chi connectivity index (χ2v) is 7.98. The van der Waals surface area contributed by atoms with Crippen LogP contribution in [0.15, 0.2) is 0 Å². The van der Waals surface area contributed by atoms with Gasteiger partial charge in [0.1, 0.15) is 26.0 Å². The molecule has 0 aliphatic heterocycles. The van der Waals surface area contributed by atoms with E-state index < -0.39 is 0 Å². The number of hydrogen-bond acceptors (Lipinski definition) is 4. The first kappa shape index (κ1) is 15.3. The Morgan fingerprint density at radius 1 is 1.00 bits per heavy atom. The van der Waals surface area contributed by atoms with Crippen LogP contribution in [0.5, 0.6) is 0 Å². The highest BCUT2D eigenvalue weighted by molar-refractivity contribution is 6.34. The summed E-state index contributed by atoms with van der Waals surface area (Å²) in [5.74, 6) is 0.0209. The number of rotatable bonds is 7. The molecular formula is C9H27N3OSi2. The molecule has 0 heterocycles. The zero-order valence-electron chi connectivity index (χ0n) is 11.4. The summed E-state index contributed by atoms with van der Waals surface area (Å²) in [4.78, 5) is 6.86. The van der Waals surface area contributed by atoms with E-state index >= 15 is 0 Å². The molecule has 0 unspecified atom stereocenters. The highest BCUT2D eigenvalue weighted by atomic mass is 28.3. The van der Waals surface area contributed by atoms with Crippen molar-refractivity contribution in [1.82, 2.24) is 14.7 Å². The van der Waals surface area contributed by atoms with Gasteiger partial charge in [-0.3, -0.25) is 14.7 Å². The van der Waals surface area contributed by atoms with E-state index in [9.17, 15) is 0 Å². The Bertz CT molecular complexity index is 155. The van der Waals surface area contributed by atoms with Crippen molar-refractivity contribution in [2.75, 3.05) is 42.3 Å². The van der Waals surface area contributed by atoms with E-state index in [1.807, 2.05) is 0 Å². The Morgan fingerprint density at radius 2 is 1.40 bits per heavy atom. The van der Waals surface area contributed by atoms with E-state index in [0.29, 0.717) is 0 Å². The second kappa shape index (κ2) is 6.77. The van der Waals surface area contributed by atoms with Gasteiger partial charge in [0, 0.05) is 0 Å². The van der Waals surface area contributed by atoms with Crippen LogP contribution in [0.2, 0.25) is 6.04 Å². The Balaban J connectivity index is 4.65. The van der Waals surface area contributed by atoms with Gasteiger partial charge in [-0.05, 0) is 54.8 Å². The SMILES string of the molecule is CN(C)C(CC[SiH2]O[SiH3])(N(C)C)N(C)C.